The molecule has 1 unspecified atom stereocenters. The van der Waals surface area contributed by atoms with Crippen molar-refractivity contribution in [3.8, 4) is 5.88 Å². The third-order valence-corrected chi connectivity index (χ3v) is 2.11. The molecule has 1 rings (SSSR count). The van der Waals surface area contributed by atoms with E-state index in [4.69, 9.17) is 4.74 Å². The average Bonchev–Trinajstić information content (AvgIpc) is 2.28. The van der Waals surface area contributed by atoms with E-state index in [1.165, 1.54) is 11.2 Å². The lowest BCUT2D eigenvalue weighted by molar-refractivity contribution is -0.129. The van der Waals surface area contributed by atoms with Gasteiger partial charge in [-0.2, -0.15) is 0 Å². The van der Waals surface area contributed by atoms with Gasteiger partial charge in [-0.3, -0.25) is 4.79 Å². The monoisotopic (exact) mass is 238 g/mol. The van der Waals surface area contributed by atoms with Gasteiger partial charge < -0.3 is 15.0 Å². The molecule has 1 atom stereocenters. The van der Waals surface area contributed by atoms with Crippen LogP contribution in [0.3, 0.4) is 0 Å². The lowest BCUT2D eigenvalue weighted by Gasteiger charge is -2.18. The number of likely N-dealkylation sites (N-methyl/N-ethyl adjacent to an activating group) is 1. The zero-order valence-corrected chi connectivity index (χ0v) is 10.6. The Bertz CT molecular complexity index is 381. The number of nitrogens with one attached hydrogen (secondary N) is 1. The molecule has 94 valence electrons. The lowest BCUT2D eigenvalue weighted by atomic mass is 10.3. The number of nitrogens with zero attached hydrogens (tertiary/aromatic N) is 3. The van der Waals surface area contributed by atoms with Gasteiger partial charge in [-0.15, -0.1) is 0 Å². The minimum atomic E-state index is -0.339. The number of amides is 1. The summed E-state index contributed by atoms with van der Waals surface area (Å²) in [5.74, 6) is 1.06. The summed E-state index contributed by atoms with van der Waals surface area (Å²) in [6.45, 7) is 4.21. The van der Waals surface area contributed by atoms with E-state index in [0.717, 1.165) is 0 Å². The van der Waals surface area contributed by atoms with Crippen molar-refractivity contribution in [1.82, 2.24) is 14.9 Å². The second-order valence-corrected chi connectivity index (χ2v) is 3.77. The fraction of sp³-hybridized carbons (Fsp3) is 0.545. The van der Waals surface area contributed by atoms with Crippen molar-refractivity contribution in [2.45, 2.75) is 19.9 Å². The molecule has 6 nitrogen and oxygen atoms in total. The third kappa shape index (κ3) is 3.90. The number of carbonyl (C=O) groups excluding carboxylic acids is 1. The maximum Gasteiger partial charge on any atom is 0.244 e. The van der Waals surface area contributed by atoms with Crippen LogP contribution in [0.25, 0.3) is 0 Å². The Kier molecular flexibility index (Phi) is 4.68. The Morgan fingerprint density at radius 3 is 2.82 bits per heavy atom. The molecule has 0 bridgehead atoms. The molecule has 0 saturated carbocycles. The van der Waals surface area contributed by atoms with Crippen LogP contribution in [0.2, 0.25) is 0 Å². The zero-order chi connectivity index (χ0) is 12.8. The molecule has 0 aliphatic rings. The van der Waals surface area contributed by atoms with Crippen LogP contribution in [-0.4, -0.2) is 47.5 Å². The largest absolute Gasteiger partial charge is 0.478 e. The van der Waals surface area contributed by atoms with Gasteiger partial charge in [0.05, 0.1) is 6.61 Å². The van der Waals surface area contributed by atoms with E-state index in [2.05, 4.69) is 15.3 Å². The van der Waals surface area contributed by atoms with Gasteiger partial charge in [-0.1, -0.05) is 0 Å². The van der Waals surface area contributed by atoms with Crippen molar-refractivity contribution in [2.24, 2.45) is 0 Å². The predicted molar refractivity (Wildman–Crippen MR) is 65.0 cm³/mol. The Morgan fingerprint density at radius 1 is 1.53 bits per heavy atom. The first-order valence-corrected chi connectivity index (χ1v) is 5.47. The summed E-state index contributed by atoms with van der Waals surface area (Å²) in [7, 11) is 3.43. The number of hydrogen-bond acceptors (Lipinski definition) is 5. The fourth-order valence-corrected chi connectivity index (χ4v) is 1.32. The van der Waals surface area contributed by atoms with Gasteiger partial charge in [-0.25, -0.2) is 9.97 Å². The van der Waals surface area contributed by atoms with Gasteiger partial charge in [0.15, 0.2) is 0 Å². The Balaban J connectivity index is 2.68. The molecule has 1 N–H and O–H groups in total. The highest BCUT2D eigenvalue weighted by molar-refractivity contribution is 5.83. The van der Waals surface area contributed by atoms with E-state index in [-0.39, 0.29) is 11.9 Å². The van der Waals surface area contributed by atoms with E-state index < -0.39 is 0 Å². The van der Waals surface area contributed by atoms with E-state index >= 15 is 0 Å². The number of anilines is 1. The highest BCUT2D eigenvalue weighted by Gasteiger charge is 2.15. The Morgan fingerprint density at radius 2 is 2.24 bits per heavy atom. The molecule has 0 aromatic carbocycles. The van der Waals surface area contributed by atoms with E-state index in [1.54, 1.807) is 27.1 Å². The van der Waals surface area contributed by atoms with Crippen LogP contribution >= 0.6 is 0 Å². The van der Waals surface area contributed by atoms with Crippen LogP contribution < -0.4 is 10.1 Å². The number of carbonyl (C=O) groups is 1. The third-order valence-electron chi connectivity index (χ3n) is 2.11. The summed E-state index contributed by atoms with van der Waals surface area (Å²) in [5, 5.41) is 3.00. The minimum absolute atomic E-state index is 0.0124. The summed E-state index contributed by atoms with van der Waals surface area (Å²) in [5.41, 5.74) is 0. The smallest absolute Gasteiger partial charge is 0.244 e. The van der Waals surface area contributed by atoms with Gasteiger partial charge >= 0.3 is 0 Å². The van der Waals surface area contributed by atoms with Gasteiger partial charge in [0.2, 0.25) is 11.8 Å². The average molecular weight is 238 g/mol. The van der Waals surface area contributed by atoms with E-state index in [9.17, 15) is 4.79 Å². The summed E-state index contributed by atoms with van der Waals surface area (Å²) >= 11 is 0. The molecule has 0 saturated heterocycles. The number of ether oxygens (including phenoxy) is 1. The van der Waals surface area contributed by atoms with E-state index in [0.29, 0.717) is 18.3 Å². The van der Waals surface area contributed by atoms with Crippen molar-refractivity contribution < 1.29 is 9.53 Å². The SMILES string of the molecule is CCOc1cc(NC(C)C(=O)N(C)C)ncn1. The molecule has 0 radical (unpaired) electrons. The van der Waals surface area contributed by atoms with E-state index in [1.807, 2.05) is 6.92 Å². The zero-order valence-electron chi connectivity index (χ0n) is 10.6. The van der Waals surface area contributed by atoms with Gasteiger partial charge in [-0.05, 0) is 13.8 Å². The standard InChI is InChI=1S/C11H18N4O2/c1-5-17-10-6-9(12-7-13-10)14-8(2)11(16)15(3)4/h6-8H,5H2,1-4H3,(H,12,13,14). The topological polar surface area (TPSA) is 67.3 Å². The van der Waals surface area contributed by atoms with Gasteiger partial charge in [0.1, 0.15) is 18.2 Å². The molecule has 0 aliphatic carbocycles. The van der Waals surface area contributed by atoms with Crippen LogP contribution in [0.15, 0.2) is 12.4 Å². The number of hydrogen-bond donors (Lipinski definition) is 1. The molecular weight excluding hydrogens is 220 g/mol. The molecular formula is C11H18N4O2. The molecule has 1 aromatic heterocycles. The van der Waals surface area contributed by atoms with Gasteiger partial charge in [0, 0.05) is 20.2 Å². The maximum atomic E-state index is 11.6. The van der Waals surface area contributed by atoms with Crippen molar-refractivity contribution >= 4 is 11.7 Å². The van der Waals surface area contributed by atoms with Crippen LogP contribution in [0.5, 0.6) is 5.88 Å². The molecule has 1 amide bonds. The second-order valence-electron chi connectivity index (χ2n) is 3.77. The van der Waals surface area contributed by atoms with Crippen molar-refractivity contribution in [1.29, 1.82) is 0 Å². The van der Waals surface area contributed by atoms with Crippen molar-refractivity contribution in [3.63, 3.8) is 0 Å². The minimum Gasteiger partial charge on any atom is -0.478 e. The summed E-state index contributed by atoms with van der Waals surface area (Å²) in [4.78, 5) is 21.2. The molecule has 1 aromatic rings. The van der Waals surface area contributed by atoms with Crippen LogP contribution in [0, 0.1) is 0 Å². The van der Waals surface area contributed by atoms with Gasteiger partial charge in [0.25, 0.3) is 0 Å². The van der Waals surface area contributed by atoms with Crippen LogP contribution in [-0.2, 0) is 4.79 Å². The maximum absolute atomic E-state index is 11.6. The number of aromatic nitrogens is 2. The highest BCUT2D eigenvalue weighted by Crippen LogP contribution is 2.12. The first kappa shape index (κ1) is 13.2. The fourth-order valence-electron chi connectivity index (χ4n) is 1.32. The van der Waals surface area contributed by atoms with Crippen molar-refractivity contribution in [3.05, 3.63) is 12.4 Å². The first-order chi connectivity index (χ1) is 8.04. The normalized spacial score (nSPS) is 11.8. The van der Waals surface area contributed by atoms with Crippen molar-refractivity contribution in [2.75, 3.05) is 26.0 Å². The number of rotatable bonds is 5. The van der Waals surface area contributed by atoms with Crippen LogP contribution in [0.4, 0.5) is 5.82 Å². The highest BCUT2D eigenvalue weighted by atomic mass is 16.5. The first-order valence-electron chi connectivity index (χ1n) is 5.47. The summed E-state index contributed by atoms with van der Waals surface area (Å²) in [6.07, 6.45) is 1.40. The second kappa shape index (κ2) is 6.03. The molecule has 0 spiro atoms. The quantitative estimate of drug-likeness (QED) is 0.820. The molecule has 17 heavy (non-hydrogen) atoms. The summed E-state index contributed by atoms with van der Waals surface area (Å²) < 4.78 is 5.25. The lowest BCUT2D eigenvalue weighted by Crippen LogP contribution is -2.36. The van der Waals surface area contributed by atoms with Crippen LogP contribution in [0.1, 0.15) is 13.8 Å². The summed E-state index contributed by atoms with van der Waals surface area (Å²) in [6, 6.07) is 1.33. The molecule has 6 heteroatoms. The Hall–Kier alpha value is -1.85. The predicted octanol–water partition coefficient (Wildman–Crippen LogP) is 0.764. The molecule has 0 aliphatic heterocycles. The molecule has 0 fully saturated rings. The Labute approximate surface area is 101 Å². The molecule has 1 heterocycles.